The standard InChI is InChI=1S/C13H16N2O4S/c1-3-8-14(10-4-5-10)12-7-6-11(20(2,18)19)9-13(12)15(16)17/h3,6-7,9-10H,1,4-5,8H2,2H3. The highest BCUT2D eigenvalue weighted by atomic mass is 32.2. The van der Waals surface area contributed by atoms with Crippen molar-refractivity contribution in [2.75, 3.05) is 17.7 Å². The third kappa shape index (κ3) is 2.98. The zero-order valence-corrected chi connectivity index (χ0v) is 12.0. The van der Waals surface area contributed by atoms with E-state index < -0.39 is 14.8 Å². The quantitative estimate of drug-likeness (QED) is 0.456. The van der Waals surface area contributed by atoms with Gasteiger partial charge in [0.2, 0.25) is 0 Å². The SMILES string of the molecule is C=CCN(c1ccc(S(C)(=O)=O)cc1[N+](=O)[O-])C1CC1. The van der Waals surface area contributed by atoms with Crippen LogP contribution in [0.2, 0.25) is 0 Å². The molecule has 0 spiro atoms. The maximum atomic E-state index is 11.5. The number of nitrogens with zero attached hydrogens (tertiary/aromatic N) is 2. The fourth-order valence-electron chi connectivity index (χ4n) is 2.09. The molecule has 108 valence electrons. The van der Waals surface area contributed by atoms with Gasteiger partial charge in [0.05, 0.1) is 9.82 Å². The number of nitro groups is 1. The molecule has 0 N–H and O–H groups in total. The van der Waals surface area contributed by atoms with Crippen LogP contribution in [-0.2, 0) is 9.84 Å². The van der Waals surface area contributed by atoms with E-state index in [2.05, 4.69) is 6.58 Å². The molecule has 0 atom stereocenters. The number of sulfone groups is 1. The minimum atomic E-state index is -3.46. The van der Waals surface area contributed by atoms with E-state index in [4.69, 9.17) is 0 Å². The molecule has 0 amide bonds. The van der Waals surface area contributed by atoms with Crippen molar-refractivity contribution >= 4 is 21.2 Å². The summed E-state index contributed by atoms with van der Waals surface area (Å²) in [4.78, 5) is 12.5. The molecule has 6 nitrogen and oxygen atoms in total. The normalized spacial score (nSPS) is 14.8. The van der Waals surface area contributed by atoms with Gasteiger partial charge in [0, 0.05) is 24.9 Å². The van der Waals surface area contributed by atoms with Crippen molar-refractivity contribution in [2.45, 2.75) is 23.8 Å². The van der Waals surface area contributed by atoms with Gasteiger partial charge >= 0.3 is 0 Å². The van der Waals surface area contributed by atoms with Crippen molar-refractivity contribution in [1.29, 1.82) is 0 Å². The van der Waals surface area contributed by atoms with Crippen LogP contribution < -0.4 is 4.90 Å². The Morgan fingerprint density at radius 3 is 2.60 bits per heavy atom. The predicted octanol–water partition coefficient (Wildman–Crippen LogP) is 2.15. The zero-order valence-electron chi connectivity index (χ0n) is 11.2. The molecule has 20 heavy (non-hydrogen) atoms. The monoisotopic (exact) mass is 296 g/mol. The van der Waals surface area contributed by atoms with Crippen LogP contribution in [0, 0.1) is 10.1 Å². The number of hydrogen-bond donors (Lipinski definition) is 0. The van der Waals surface area contributed by atoms with Crippen molar-refractivity contribution in [3.63, 3.8) is 0 Å². The summed E-state index contributed by atoms with van der Waals surface area (Å²) in [5.74, 6) is 0. The van der Waals surface area contributed by atoms with Crippen molar-refractivity contribution in [3.8, 4) is 0 Å². The van der Waals surface area contributed by atoms with Gasteiger partial charge < -0.3 is 4.90 Å². The lowest BCUT2D eigenvalue weighted by Gasteiger charge is -2.22. The first-order valence-electron chi connectivity index (χ1n) is 6.20. The number of benzene rings is 1. The topological polar surface area (TPSA) is 80.5 Å². The van der Waals surface area contributed by atoms with Gasteiger partial charge in [-0.2, -0.15) is 0 Å². The van der Waals surface area contributed by atoms with Crippen LogP contribution in [0.5, 0.6) is 0 Å². The summed E-state index contributed by atoms with van der Waals surface area (Å²) in [6.45, 7) is 4.16. The molecule has 1 fully saturated rings. The van der Waals surface area contributed by atoms with Gasteiger partial charge in [-0.15, -0.1) is 6.58 Å². The average Bonchev–Trinajstić information content (AvgIpc) is 3.18. The van der Waals surface area contributed by atoms with Crippen LogP contribution in [0.3, 0.4) is 0 Å². The lowest BCUT2D eigenvalue weighted by Crippen LogP contribution is -2.26. The molecular weight excluding hydrogens is 280 g/mol. The minimum absolute atomic E-state index is 0.0395. The molecule has 7 heteroatoms. The summed E-state index contributed by atoms with van der Waals surface area (Å²) in [5, 5.41) is 11.2. The van der Waals surface area contributed by atoms with E-state index in [1.807, 2.05) is 4.90 Å². The second-order valence-corrected chi connectivity index (χ2v) is 6.87. The maximum Gasteiger partial charge on any atom is 0.293 e. The van der Waals surface area contributed by atoms with E-state index in [0.29, 0.717) is 12.2 Å². The molecule has 1 aliphatic rings. The van der Waals surface area contributed by atoms with Gasteiger partial charge in [0.1, 0.15) is 5.69 Å². The lowest BCUT2D eigenvalue weighted by molar-refractivity contribution is -0.384. The third-order valence-corrected chi connectivity index (χ3v) is 4.30. The van der Waals surface area contributed by atoms with Gasteiger partial charge in [-0.1, -0.05) is 6.08 Å². The van der Waals surface area contributed by atoms with E-state index in [1.54, 1.807) is 6.08 Å². The first-order chi connectivity index (χ1) is 9.34. The summed E-state index contributed by atoms with van der Waals surface area (Å²) in [7, 11) is -3.46. The average molecular weight is 296 g/mol. The maximum absolute atomic E-state index is 11.5. The van der Waals surface area contributed by atoms with E-state index in [1.165, 1.54) is 12.1 Å². The molecule has 1 saturated carbocycles. The van der Waals surface area contributed by atoms with Crippen molar-refractivity contribution < 1.29 is 13.3 Å². The largest absolute Gasteiger partial charge is 0.359 e. The molecule has 1 aromatic rings. The van der Waals surface area contributed by atoms with E-state index in [0.717, 1.165) is 25.2 Å². The van der Waals surface area contributed by atoms with Crippen molar-refractivity contribution in [2.24, 2.45) is 0 Å². The van der Waals surface area contributed by atoms with E-state index >= 15 is 0 Å². The summed E-state index contributed by atoms with van der Waals surface area (Å²) in [6, 6.07) is 4.33. The number of nitro benzene ring substituents is 1. The number of rotatable bonds is 6. The summed E-state index contributed by atoms with van der Waals surface area (Å²) >= 11 is 0. The lowest BCUT2D eigenvalue weighted by atomic mass is 10.2. The number of anilines is 1. The first kappa shape index (κ1) is 14.5. The summed E-state index contributed by atoms with van der Waals surface area (Å²) in [6.07, 6.45) is 4.69. The predicted molar refractivity (Wildman–Crippen MR) is 76.8 cm³/mol. The van der Waals surface area contributed by atoms with Crippen LogP contribution >= 0.6 is 0 Å². The Hall–Kier alpha value is -1.89. The molecule has 0 unspecified atom stereocenters. The van der Waals surface area contributed by atoms with E-state index in [-0.39, 0.29) is 16.6 Å². The molecule has 0 aliphatic heterocycles. The van der Waals surface area contributed by atoms with Gasteiger partial charge in [0.15, 0.2) is 9.84 Å². The van der Waals surface area contributed by atoms with Gasteiger partial charge in [-0.05, 0) is 25.0 Å². The highest BCUT2D eigenvalue weighted by Gasteiger charge is 2.32. The molecular formula is C13H16N2O4S. The molecule has 0 heterocycles. The van der Waals surface area contributed by atoms with Gasteiger partial charge in [0.25, 0.3) is 5.69 Å². The van der Waals surface area contributed by atoms with Crippen molar-refractivity contribution in [1.82, 2.24) is 0 Å². The third-order valence-electron chi connectivity index (χ3n) is 3.19. The molecule has 0 aromatic heterocycles. The summed E-state index contributed by atoms with van der Waals surface area (Å²) < 4.78 is 23.0. The Bertz CT molecular complexity index is 650. The van der Waals surface area contributed by atoms with Gasteiger partial charge in [-0.3, -0.25) is 10.1 Å². The van der Waals surface area contributed by atoms with Crippen LogP contribution in [0.1, 0.15) is 12.8 Å². The molecule has 1 aromatic carbocycles. The Kier molecular flexibility index (Phi) is 3.80. The highest BCUT2D eigenvalue weighted by molar-refractivity contribution is 7.90. The summed E-state index contributed by atoms with van der Waals surface area (Å²) in [5.41, 5.74) is 0.270. The number of hydrogen-bond acceptors (Lipinski definition) is 5. The van der Waals surface area contributed by atoms with Gasteiger partial charge in [-0.25, -0.2) is 8.42 Å². The highest BCUT2D eigenvalue weighted by Crippen LogP contribution is 2.37. The molecule has 2 rings (SSSR count). The Balaban J connectivity index is 2.52. The second-order valence-electron chi connectivity index (χ2n) is 4.85. The Morgan fingerprint density at radius 1 is 1.50 bits per heavy atom. The molecule has 0 saturated heterocycles. The minimum Gasteiger partial charge on any atom is -0.359 e. The molecule has 0 radical (unpaired) electrons. The molecule has 1 aliphatic carbocycles. The zero-order chi connectivity index (χ0) is 14.9. The van der Waals surface area contributed by atoms with E-state index in [9.17, 15) is 18.5 Å². The van der Waals surface area contributed by atoms with Crippen LogP contribution in [-0.4, -0.2) is 32.2 Å². The Morgan fingerprint density at radius 2 is 2.15 bits per heavy atom. The van der Waals surface area contributed by atoms with Crippen LogP contribution in [0.15, 0.2) is 35.7 Å². The van der Waals surface area contributed by atoms with Crippen LogP contribution in [0.25, 0.3) is 0 Å². The fourth-order valence-corrected chi connectivity index (χ4v) is 2.73. The second kappa shape index (κ2) is 5.24. The first-order valence-corrected chi connectivity index (χ1v) is 8.09. The van der Waals surface area contributed by atoms with Crippen LogP contribution in [0.4, 0.5) is 11.4 Å². The fraction of sp³-hybridized carbons (Fsp3) is 0.385. The smallest absolute Gasteiger partial charge is 0.293 e. The molecule has 0 bridgehead atoms. The van der Waals surface area contributed by atoms with Crippen molar-refractivity contribution in [3.05, 3.63) is 41.0 Å². The Labute approximate surface area is 117 Å².